The third-order valence-corrected chi connectivity index (χ3v) is 10.9. The first-order valence-corrected chi connectivity index (χ1v) is 17.9. The van der Waals surface area contributed by atoms with Crippen LogP contribution < -0.4 is 4.74 Å². The fraction of sp³-hybridized carbons (Fsp3) is 0.382. The third-order valence-electron chi connectivity index (χ3n) is 8.53. The van der Waals surface area contributed by atoms with Gasteiger partial charge in [-0.15, -0.1) is 0 Å². The number of amides is 3. The lowest BCUT2D eigenvalue weighted by Gasteiger charge is -2.39. The number of likely N-dealkylation sites (N-methyl/N-ethyl adjacent to an activating group) is 1. The Bertz CT molecular complexity index is 1830. The van der Waals surface area contributed by atoms with Crippen molar-refractivity contribution in [2.45, 2.75) is 23.9 Å². The molecule has 0 saturated carbocycles. The fourth-order valence-corrected chi connectivity index (χ4v) is 7.03. The molecule has 3 aromatic carbocycles. The lowest BCUT2D eigenvalue weighted by molar-refractivity contribution is -0.130. The molecule has 0 aromatic heterocycles. The van der Waals surface area contributed by atoms with Crippen molar-refractivity contribution < 1.29 is 27.1 Å². The monoisotopic (exact) mass is 732 g/mol. The molecule has 3 amide bonds. The smallest absolute Gasteiger partial charge is 0.326 e. The van der Waals surface area contributed by atoms with Crippen LogP contribution in [0.3, 0.4) is 0 Å². The number of hydrogen-bond acceptors (Lipinski definition) is 7. The standard InChI is InChI=1S/C34H39Cl2FN6O5S/c1-6-48-28-20-27(37)29(49(46,47)40(4)5)19-26(28)33-38-31(22-7-11-24(35)12-8-22)32(23-9-13-25(36)14-10-23)43(33)34(45)42-17-15-41(16-18-42)21-30(44)39(2)3/h7-14,19-20,31-32H,6,15-18,21H2,1-5H3/t31-,32+/m0/s1. The van der Waals surface area contributed by atoms with Gasteiger partial charge in [0, 0.05) is 70.5 Å². The maximum absolute atomic E-state index is 15.5. The quantitative estimate of drug-likeness (QED) is 0.301. The Hall–Kier alpha value is -3.75. The molecule has 0 aliphatic carbocycles. The molecule has 0 bridgehead atoms. The number of carbonyl (C=O) groups is 2. The van der Waals surface area contributed by atoms with Crippen molar-refractivity contribution in [1.29, 1.82) is 0 Å². The zero-order chi connectivity index (χ0) is 35.6. The van der Waals surface area contributed by atoms with Crippen molar-refractivity contribution in [2.75, 3.05) is 67.5 Å². The summed E-state index contributed by atoms with van der Waals surface area (Å²) in [5.74, 6) is -0.878. The first-order valence-electron chi connectivity index (χ1n) is 15.7. The summed E-state index contributed by atoms with van der Waals surface area (Å²) < 4.78 is 48.9. The molecule has 0 unspecified atom stereocenters. The Balaban J connectivity index is 1.68. The van der Waals surface area contributed by atoms with E-state index in [2.05, 4.69) is 0 Å². The summed E-state index contributed by atoms with van der Waals surface area (Å²) in [5.41, 5.74) is 1.60. The van der Waals surface area contributed by atoms with Gasteiger partial charge in [-0.2, -0.15) is 0 Å². The lowest BCUT2D eigenvalue weighted by atomic mass is 9.93. The predicted octanol–water partition coefficient (Wildman–Crippen LogP) is 5.15. The summed E-state index contributed by atoms with van der Waals surface area (Å²) in [6.07, 6.45) is 0. The Morgan fingerprint density at radius 3 is 2.02 bits per heavy atom. The van der Waals surface area contributed by atoms with Gasteiger partial charge < -0.3 is 14.5 Å². The molecule has 11 nitrogen and oxygen atoms in total. The van der Waals surface area contributed by atoms with E-state index >= 15 is 4.39 Å². The van der Waals surface area contributed by atoms with Crippen molar-refractivity contribution in [1.82, 2.24) is 23.9 Å². The molecule has 3 aromatic rings. The van der Waals surface area contributed by atoms with E-state index < -0.39 is 38.9 Å². The van der Waals surface area contributed by atoms with Crippen molar-refractivity contribution in [3.05, 3.63) is 93.2 Å². The van der Waals surface area contributed by atoms with Gasteiger partial charge in [-0.05, 0) is 48.4 Å². The maximum Gasteiger partial charge on any atom is 0.326 e. The van der Waals surface area contributed by atoms with Gasteiger partial charge in [0.05, 0.1) is 24.8 Å². The molecule has 5 rings (SSSR count). The number of aliphatic imine (C=N–C) groups is 1. The molecule has 1 saturated heterocycles. The average molecular weight is 734 g/mol. The molecule has 262 valence electrons. The first-order chi connectivity index (χ1) is 23.2. The second-order valence-electron chi connectivity index (χ2n) is 12.1. The number of ether oxygens (including phenoxy) is 1. The molecule has 15 heteroatoms. The highest BCUT2D eigenvalue weighted by molar-refractivity contribution is 7.89. The van der Waals surface area contributed by atoms with E-state index in [0.29, 0.717) is 41.8 Å². The summed E-state index contributed by atoms with van der Waals surface area (Å²) in [6.45, 7) is 3.66. The third kappa shape index (κ3) is 7.71. The summed E-state index contributed by atoms with van der Waals surface area (Å²) >= 11 is 12.5. The number of amidine groups is 1. The molecule has 2 atom stereocenters. The molecule has 1 fully saturated rings. The van der Waals surface area contributed by atoms with Gasteiger partial charge in [-0.25, -0.2) is 21.9 Å². The SMILES string of the molecule is CCOc1cc(F)c(S(=O)(=O)N(C)C)cc1C1=N[C@@H](c2ccc(Cl)cc2)[C@@H](c2ccc(Cl)cc2)N1C(=O)N1CCN(CC(=O)N(C)C)CC1. The molecule has 0 spiro atoms. The fourth-order valence-electron chi connectivity index (χ4n) is 5.82. The van der Waals surface area contributed by atoms with E-state index in [4.69, 9.17) is 32.9 Å². The number of nitrogens with zero attached hydrogens (tertiary/aromatic N) is 6. The van der Waals surface area contributed by atoms with Crippen molar-refractivity contribution >= 4 is 51.0 Å². The van der Waals surface area contributed by atoms with Gasteiger partial charge >= 0.3 is 6.03 Å². The lowest BCUT2D eigenvalue weighted by Crippen LogP contribution is -2.55. The molecule has 2 heterocycles. The summed E-state index contributed by atoms with van der Waals surface area (Å²) in [5, 5.41) is 1.02. The van der Waals surface area contributed by atoms with E-state index in [-0.39, 0.29) is 36.2 Å². The van der Waals surface area contributed by atoms with E-state index in [9.17, 15) is 18.0 Å². The topological polar surface area (TPSA) is 106 Å². The molecule has 0 N–H and O–H groups in total. The number of carbonyl (C=O) groups excluding carboxylic acids is 2. The van der Waals surface area contributed by atoms with E-state index in [1.54, 1.807) is 50.2 Å². The molecule has 0 radical (unpaired) electrons. The minimum absolute atomic E-state index is 0.0351. The van der Waals surface area contributed by atoms with Crippen molar-refractivity contribution in [2.24, 2.45) is 4.99 Å². The highest BCUT2D eigenvalue weighted by Gasteiger charge is 2.45. The minimum atomic E-state index is -4.24. The highest BCUT2D eigenvalue weighted by Crippen LogP contribution is 2.46. The average Bonchev–Trinajstić information content (AvgIpc) is 3.45. The second kappa shape index (κ2) is 15.0. The second-order valence-corrected chi connectivity index (χ2v) is 15.1. The van der Waals surface area contributed by atoms with Crippen LogP contribution in [-0.4, -0.2) is 118 Å². The van der Waals surface area contributed by atoms with Gasteiger partial charge in [0.2, 0.25) is 15.9 Å². The summed E-state index contributed by atoms with van der Waals surface area (Å²) in [4.78, 5) is 38.4. The number of benzene rings is 3. The number of piperazine rings is 1. The molecular formula is C34H39Cl2FN6O5S. The predicted molar refractivity (Wildman–Crippen MR) is 187 cm³/mol. The zero-order valence-electron chi connectivity index (χ0n) is 27.9. The Labute approximate surface area is 296 Å². The molecular weight excluding hydrogens is 694 g/mol. The summed E-state index contributed by atoms with van der Waals surface area (Å²) in [7, 11) is 1.78. The van der Waals surface area contributed by atoms with Crippen LogP contribution >= 0.6 is 23.2 Å². The van der Waals surface area contributed by atoms with E-state index in [0.717, 1.165) is 15.9 Å². The van der Waals surface area contributed by atoms with Crippen LogP contribution in [0.4, 0.5) is 9.18 Å². The van der Waals surface area contributed by atoms with Crippen molar-refractivity contribution in [3.8, 4) is 5.75 Å². The van der Waals surface area contributed by atoms with Crippen LogP contribution in [-0.2, 0) is 14.8 Å². The van der Waals surface area contributed by atoms with Crippen LogP contribution in [0.5, 0.6) is 5.75 Å². The van der Waals surface area contributed by atoms with E-state index in [1.807, 2.05) is 29.2 Å². The van der Waals surface area contributed by atoms with Gasteiger partial charge in [-0.1, -0.05) is 47.5 Å². The van der Waals surface area contributed by atoms with Crippen LogP contribution in [0.1, 0.15) is 35.7 Å². The minimum Gasteiger partial charge on any atom is -0.493 e. The number of sulfonamides is 1. The van der Waals surface area contributed by atoms with Gasteiger partial charge in [0.15, 0.2) is 0 Å². The van der Waals surface area contributed by atoms with E-state index in [1.165, 1.54) is 30.0 Å². The largest absolute Gasteiger partial charge is 0.493 e. The van der Waals surface area contributed by atoms with Crippen LogP contribution in [0.2, 0.25) is 10.0 Å². The highest BCUT2D eigenvalue weighted by atomic mass is 35.5. The summed E-state index contributed by atoms with van der Waals surface area (Å²) in [6, 6.07) is 14.6. The van der Waals surface area contributed by atoms with Gasteiger partial charge in [0.1, 0.15) is 28.3 Å². The number of rotatable bonds is 9. The maximum atomic E-state index is 15.5. The number of urea groups is 1. The van der Waals surface area contributed by atoms with Crippen LogP contribution in [0, 0.1) is 5.82 Å². The Kier molecular flexibility index (Phi) is 11.2. The van der Waals surface area contributed by atoms with Crippen LogP contribution in [0.25, 0.3) is 0 Å². The van der Waals surface area contributed by atoms with Crippen LogP contribution in [0.15, 0.2) is 70.6 Å². The molecule has 2 aliphatic rings. The van der Waals surface area contributed by atoms with Gasteiger partial charge in [0.25, 0.3) is 0 Å². The Morgan fingerprint density at radius 1 is 0.918 bits per heavy atom. The molecule has 2 aliphatic heterocycles. The number of hydrogen-bond donors (Lipinski definition) is 0. The Morgan fingerprint density at radius 2 is 1.49 bits per heavy atom. The normalized spacial score (nSPS) is 18.5. The van der Waals surface area contributed by atoms with Crippen molar-refractivity contribution in [3.63, 3.8) is 0 Å². The first kappa shape index (κ1) is 36.5. The zero-order valence-corrected chi connectivity index (χ0v) is 30.3. The molecule has 49 heavy (non-hydrogen) atoms. The van der Waals surface area contributed by atoms with Gasteiger partial charge in [-0.3, -0.25) is 19.6 Å². The number of halogens is 3.